The molecule has 0 atom stereocenters. The Balaban J connectivity index is 1.69. The van der Waals surface area contributed by atoms with Crippen molar-refractivity contribution in [2.75, 3.05) is 38.8 Å². The van der Waals surface area contributed by atoms with Crippen LogP contribution in [0.1, 0.15) is 19.8 Å². The number of ether oxygens (including phenoxy) is 3. The predicted molar refractivity (Wildman–Crippen MR) is 120 cm³/mol. The molecule has 0 aliphatic carbocycles. The normalized spacial score (nSPS) is 14.5. The van der Waals surface area contributed by atoms with E-state index in [1.165, 1.54) is 0 Å². The second-order valence-electron chi connectivity index (χ2n) is 7.47. The van der Waals surface area contributed by atoms with Crippen LogP contribution in [0.2, 0.25) is 0 Å². The molecule has 7 heteroatoms. The molecular weight excluding hydrogens is 394 g/mol. The smallest absolute Gasteiger partial charge is 0.309 e. The summed E-state index contributed by atoms with van der Waals surface area (Å²) in [4.78, 5) is 24.1. The molecule has 3 aromatic rings. The molecule has 0 N–H and O–H groups in total. The summed E-state index contributed by atoms with van der Waals surface area (Å²) in [5, 5.41) is 1.00. The van der Waals surface area contributed by atoms with Gasteiger partial charge in [-0.15, -0.1) is 0 Å². The summed E-state index contributed by atoms with van der Waals surface area (Å²) in [6.07, 6.45) is 1.51. The lowest BCUT2D eigenvalue weighted by Crippen LogP contribution is -2.37. The zero-order chi connectivity index (χ0) is 21.8. The summed E-state index contributed by atoms with van der Waals surface area (Å²) >= 11 is 0. The van der Waals surface area contributed by atoms with E-state index in [0.29, 0.717) is 23.9 Å². The van der Waals surface area contributed by atoms with Crippen LogP contribution in [0.5, 0.6) is 11.5 Å². The lowest BCUT2D eigenvalue weighted by molar-refractivity contribution is -0.148. The van der Waals surface area contributed by atoms with Gasteiger partial charge in [0.25, 0.3) is 0 Å². The third kappa shape index (κ3) is 4.26. The Bertz CT molecular complexity index is 1080. The van der Waals surface area contributed by atoms with E-state index >= 15 is 0 Å². The number of anilines is 1. The highest BCUT2D eigenvalue weighted by molar-refractivity contribution is 5.91. The molecule has 1 fully saturated rings. The largest absolute Gasteiger partial charge is 0.493 e. The van der Waals surface area contributed by atoms with Gasteiger partial charge >= 0.3 is 5.97 Å². The Labute approximate surface area is 182 Å². The zero-order valence-corrected chi connectivity index (χ0v) is 18.1. The summed E-state index contributed by atoms with van der Waals surface area (Å²) < 4.78 is 16.0. The fourth-order valence-electron chi connectivity index (χ4n) is 3.99. The van der Waals surface area contributed by atoms with E-state index in [2.05, 4.69) is 4.90 Å². The first kappa shape index (κ1) is 20.9. The van der Waals surface area contributed by atoms with E-state index in [-0.39, 0.29) is 11.9 Å². The molecule has 0 radical (unpaired) electrons. The molecule has 31 heavy (non-hydrogen) atoms. The van der Waals surface area contributed by atoms with Crippen LogP contribution in [-0.2, 0) is 9.53 Å². The molecule has 0 saturated carbocycles. The number of piperidine rings is 1. The number of methoxy groups -OCH3 is 2. The molecule has 0 bridgehead atoms. The quantitative estimate of drug-likeness (QED) is 0.555. The second-order valence-corrected chi connectivity index (χ2v) is 7.47. The minimum absolute atomic E-state index is 0.0466. The number of carbonyl (C=O) groups is 1. The average molecular weight is 421 g/mol. The Kier molecular flexibility index (Phi) is 6.21. The van der Waals surface area contributed by atoms with Gasteiger partial charge in [-0.2, -0.15) is 0 Å². The summed E-state index contributed by atoms with van der Waals surface area (Å²) in [5.74, 6) is 2.66. The van der Waals surface area contributed by atoms with Crippen LogP contribution in [-0.4, -0.2) is 49.9 Å². The van der Waals surface area contributed by atoms with Crippen molar-refractivity contribution in [3.8, 4) is 22.9 Å². The average Bonchev–Trinajstić information content (AvgIpc) is 2.83. The van der Waals surface area contributed by atoms with Gasteiger partial charge in [-0.1, -0.05) is 12.1 Å². The highest BCUT2D eigenvalue weighted by Gasteiger charge is 2.27. The standard InChI is InChI=1S/C24H27N3O4/c1-4-31-24(28)16-11-13-27(14-12-16)23-18-7-5-6-8-19(18)25-22(26-23)17-9-10-20(29-2)21(15-17)30-3/h5-10,15-16H,4,11-14H2,1-3H3. The van der Waals surface area contributed by atoms with E-state index in [1.807, 2.05) is 49.4 Å². The highest BCUT2D eigenvalue weighted by Crippen LogP contribution is 2.34. The number of aromatic nitrogens is 2. The van der Waals surface area contributed by atoms with Gasteiger partial charge < -0.3 is 19.1 Å². The Morgan fingerprint density at radius 1 is 1.03 bits per heavy atom. The number of para-hydroxylation sites is 1. The van der Waals surface area contributed by atoms with E-state index in [1.54, 1.807) is 14.2 Å². The maximum absolute atomic E-state index is 12.1. The molecule has 4 rings (SSSR count). The fourth-order valence-corrected chi connectivity index (χ4v) is 3.99. The SMILES string of the molecule is CCOC(=O)C1CCN(c2nc(-c3ccc(OC)c(OC)c3)nc3ccccc23)CC1. The monoisotopic (exact) mass is 421 g/mol. The number of esters is 1. The molecule has 0 amide bonds. The number of hydrogen-bond acceptors (Lipinski definition) is 7. The minimum atomic E-state index is -0.0966. The van der Waals surface area contributed by atoms with Gasteiger partial charge in [0.05, 0.1) is 32.3 Å². The topological polar surface area (TPSA) is 73.8 Å². The Hall–Kier alpha value is -3.35. The van der Waals surface area contributed by atoms with Crippen molar-refractivity contribution in [2.24, 2.45) is 5.92 Å². The molecule has 1 aliphatic heterocycles. The first-order valence-corrected chi connectivity index (χ1v) is 10.5. The van der Waals surface area contributed by atoms with Crippen molar-refractivity contribution in [2.45, 2.75) is 19.8 Å². The molecular formula is C24H27N3O4. The first-order chi connectivity index (χ1) is 15.1. The summed E-state index contributed by atoms with van der Waals surface area (Å²) in [7, 11) is 3.23. The van der Waals surface area contributed by atoms with Gasteiger partial charge in [0.15, 0.2) is 17.3 Å². The van der Waals surface area contributed by atoms with Crippen LogP contribution in [0.4, 0.5) is 5.82 Å². The van der Waals surface area contributed by atoms with Gasteiger partial charge in [0.2, 0.25) is 0 Å². The Morgan fingerprint density at radius 3 is 2.48 bits per heavy atom. The van der Waals surface area contributed by atoms with Crippen molar-refractivity contribution < 1.29 is 19.0 Å². The van der Waals surface area contributed by atoms with Crippen LogP contribution in [0.15, 0.2) is 42.5 Å². The number of benzene rings is 2. The molecule has 7 nitrogen and oxygen atoms in total. The van der Waals surface area contributed by atoms with Crippen LogP contribution < -0.4 is 14.4 Å². The van der Waals surface area contributed by atoms with E-state index in [0.717, 1.165) is 48.2 Å². The van der Waals surface area contributed by atoms with Crippen molar-refractivity contribution in [1.29, 1.82) is 0 Å². The summed E-state index contributed by atoms with van der Waals surface area (Å²) in [6.45, 7) is 3.76. The molecule has 1 aromatic heterocycles. The molecule has 2 aromatic carbocycles. The van der Waals surface area contributed by atoms with Gasteiger partial charge in [-0.05, 0) is 50.1 Å². The Morgan fingerprint density at radius 2 is 1.77 bits per heavy atom. The number of carbonyl (C=O) groups excluding carboxylic acids is 1. The van der Waals surface area contributed by atoms with Crippen LogP contribution in [0, 0.1) is 5.92 Å². The van der Waals surface area contributed by atoms with Gasteiger partial charge in [-0.3, -0.25) is 4.79 Å². The van der Waals surface area contributed by atoms with E-state index < -0.39 is 0 Å². The molecule has 1 saturated heterocycles. The molecule has 0 unspecified atom stereocenters. The minimum Gasteiger partial charge on any atom is -0.493 e. The fraction of sp³-hybridized carbons (Fsp3) is 0.375. The number of nitrogens with zero attached hydrogens (tertiary/aromatic N) is 3. The number of fused-ring (bicyclic) bond motifs is 1. The lowest BCUT2D eigenvalue weighted by atomic mass is 9.97. The maximum atomic E-state index is 12.1. The van der Waals surface area contributed by atoms with Gasteiger partial charge in [-0.25, -0.2) is 9.97 Å². The molecule has 162 valence electrons. The van der Waals surface area contributed by atoms with E-state index in [9.17, 15) is 4.79 Å². The molecule has 1 aliphatic rings. The van der Waals surface area contributed by atoms with Gasteiger partial charge in [0, 0.05) is 24.0 Å². The van der Waals surface area contributed by atoms with Crippen molar-refractivity contribution >= 4 is 22.7 Å². The third-order valence-corrected chi connectivity index (χ3v) is 5.64. The van der Waals surface area contributed by atoms with Crippen LogP contribution in [0.25, 0.3) is 22.3 Å². The zero-order valence-electron chi connectivity index (χ0n) is 18.1. The highest BCUT2D eigenvalue weighted by atomic mass is 16.5. The number of rotatable bonds is 6. The molecule has 2 heterocycles. The second kappa shape index (κ2) is 9.20. The molecule has 0 spiro atoms. The van der Waals surface area contributed by atoms with Gasteiger partial charge in [0.1, 0.15) is 5.82 Å². The van der Waals surface area contributed by atoms with Crippen LogP contribution >= 0.6 is 0 Å². The number of hydrogen-bond donors (Lipinski definition) is 0. The van der Waals surface area contributed by atoms with Crippen molar-refractivity contribution in [3.63, 3.8) is 0 Å². The predicted octanol–water partition coefficient (Wildman–Crippen LogP) is 4.09. The summed E-state index contributed by atoms with van der Waals surface area (Å²) in [5.41, 5.74) is 1.73. The first-order valence-electron chi connectivity index (χ1n) is 10.5. The van der Waals surface area contributed by atoms with E-state index in [4.69, 9.17) is 24.2 Å². The summed E-state index contributed by atoms with van der Waals surface area (Å²) in [6, 6.07) is 13.7. The van der Waals surface area contributed by atoms with Crippen molar-refractivity contribution in [3.05, 3.63) is 42.5 Å². The lowest BCUT2D eigenvalue weighted by Gasteiger charge is -2.32. The van der Waals surface area contributed by atoms with Crippen molar-refractivity contribution in [1.82, 2.24) is 9.97 Å². The third-order valence-electron chi connectivity index (χ3n) is 5.64. The van der Waals surface area contributed by atoms with Crippen LogP contribution in [0.3, 0.4) is 0 Å². The maximum Gasteiger partial charge on any atom is 0.309 e.